The maximum absolute atomic E-state index is 13.3. The Morgan fingerprint density at radius 3 is 2.36 bits per heavy atom. The zero-order valence-corrected chi connectivity index (χ0v) is 25.3. The van der Waals surface area contributed by atoms with Crippen LogP contribution in [-0.2, 0) is 22.6 Å². The quantitative estimate of drug-likeness (QED) is 0.167. The molecule has 0 bridgehead atoms. The third-order valence-electron chi connectivity index (χ3n) is 8.65. The summed E-state index contributed by atoms with van der Waals surface area (Å²) in [5.74, 6) is 1.11. The van der Waals surface area contributed by atoms with Crippen molar-refractivity contribution in [2.45, 2.75) is 90.2 Å². The molecule has 0 spiro atoms. The number of fused-ring (bicyclic) bond motifs is 1. The van der Waals surface area contributed by atoms with E-state index in [1.165, 1.54) is 36.5 Å². The van der Waals surface area contributed by atoms with Crippen LogP contribution in [0.3, 0.4) is 0 Å². The lowest BCUT2D eigenvalue weighted by Gasteiger charge is -2.28. The molecule has 0 heterocycles. The highest BCUT2D eigenvalue weighted by Gasteiger charge is 2.29. The molecule has 0 aliphatic heterocycles. The monoisotopic (exact) mass is 571 g/mol. The van der Waals surface area contributed by atoms with Crippen molar-refractivity contribution < 1.29 is 14.3 Å². The summed E-state index contributed by atoms with van der Waals surface area (Å²) in [5.41, 5.74) is 7.97. The van der Waals surface area contributed by atoms with E-state index in [1.807, 2.05) is 36.4 Å². The lowest BCUT2D eigenvalue weighted by atomic mass is 9.81. The summed E-state index contributed by atoms with van der Waals surface area (Å²) >= 11 is 0. The molecule has 4 N–H and O–H groups in total. The zero-order valence-electron chi connectivity index (χ0n) is 25.3. The first-order chi connectivity index (χ1) is 20.6. The second-order valence-electron chi connectivity index (χ2n) is 11.8. The van der Waals surface area contributed by atoms with Gasteiger partial charge in [0.1, 0.15) is 18.4 Å². The molecule has 6 heteroatoms. The number of amides is 2. The number of hydrogen-bond acceptors (Lipinski definition) is 4. The van der Waals surface area contributed by atoms with E-state index < -0.39 is 6.04 Å². The van der Waals surface area contributed by atoms with Gasteiger partial charge in [0.2, 0.25) is 11.8 Å². The Kier molecular flexibility index (Phi) is 12.7. The maximum Gasteiger partial charge on any atom is 0.242 e. The van der Waals surface area contributed by atoms with Crippen molar-refractivity contribution in [1.82, 2.24) is 10.6 Å². The topological polar surface area (TPSA) is 93.5 Å². The largest absolute Gasteiger partial charge is 0.489 e. The third-order valence-corrected chi connectivity index (χ3v) is 8.65. The number of hydrogen-bond donors (Lipinski definition) is 3. The van der Waals surface area contributed by atoms with Crippen molar-refractivity contribution in [3.8, 4) is 5.75 Å². The summed E-state index contributed by atoms with van der Waals surface area (Å²) in [6.07, 6.45) is 11.1. The zero-order chi connectivity index (χ0) is 29.6. The molecule has 3 aromatic rings. The standard InChI is InChI=1S/C36H49N3O3/c1-2-3-4-5-6-9-23-38-36(41)34(39-35(40)30-19-15-28(25-37)16-20-30)24-27-17-21-32(22-18-27)42-26-31-13-10-12-29-11-7-8-14-33(29)31/h7-8,10-14,17-18,21-22,28,30,34H,2-6,9,15-16,19-20,23-26,37H2,1H3,(H,38,41)(H,39,40)/t28?,30?,34-/m0/s1. The number of unbranched alkanes of at least 4 members (excludes halogenated alkanes) is 5. The molecular formula is C36H49N3O3. The highest BCUT2D eigenvalue weighted by Crippen LogP contribution is 2.28. The van der Waals surface area contributed by atoms with E-state index in [9.17, 15) is 9.59 Å². The lowest BCUT2D eigenvalue weighted by Crippen LogP contribution is -2.50. The summed E-state index contributed by atoms with van der Waals surface area (Å²) < 4.78 is 6.11. The van der Waals surface area contributed by atoms with Crippen molar-refractivity contribution in [3.05, 3.63) is 77.9 Å². The Labute approximate surface area is 251 Å². The van der Waals surface area contributed by atoms with Gasteiger partial charge in [-0.1, -0.05) is 93.6 Å². The molecule has 3 aromatic carbocycles. The van der Waals surface area contributed by atoms with Crippen molar-refractivity contribution in [1.29, 1.82) is 0 Å². The summed E-state index contributed by atoms with van der Waals surface area (Å²) in [5, 5.41) is 8.58. The van der Waals surface area contributed by atoms with Gasteiger partial charge in [-0.25, -0.2) is 0 Å². The second-order valence-corrected chi connectivity index (χ2v) is 11.8. The fourth-order valence-corrected chi connectivity index (χ4v) is 5.94. The molecule has 0 saturated heterocycles. The Hall–Kier alpha value is -3.38. The van der Waals surface area contributed by atoms with Gasteiger partial charge in [-0.2, -0.15) is 0 Å². The van der Waals surface area contributed by atoms with Crippen LogP contribution in [-0.4, -0.2) is 30.9 Å². The molecule has 6 nitrogen and oxygen atoms in total. The minimum absolute atomic E-state index is 0.0137. The van der Waals surface area contributed by atoms with Crippen LogP contribution in [0.5, 0.6) is 5.75 Å². The van der Waals surface area contributed by atoms with Crippen molar-refractivity contribution in [2.75, 3.05) is 13.1 Å². The van der Waals surface area contributed by atoms with Crippen LogP contribution in [0.25, 0.3) is 10.8 Å². The minimum Gasteiger partial charge on any atom is -0.489 e. The SMILES string of the molecule is CCCCCCCCNC(=O)[C@H](Cc1ccc(OCc2cccc3ccccc23)cc1)NC(=O)C1CCC(CN)CC1. The Morgan fingerprint density at radius 1 is 0.881 bits per heavy atom. The number of ether oxygens (including phenoxy) is 1. The van der Waals surface area contributed by atoms with Crippen LogP contribution < -0.4 is 21.1 Å². The van der Waals surface area contributed by atoms with Crippen LogP contribution >= 0.6 is 0 Å². The van der Waals surface area contributed by atoms with Gasteiger partial charge in [0.05, 0.1) is 0 Å². The highest BCUT2D eigenvalue weighted by molar-refractivity contribution is 5.89. The normalized spacial score (nSPS) is 17.5. The smallest absolute Gasteiger partial charge is 0.242 e. The molecule has 1 saturated carbocycles. The Balaban J connectivity index is 1.34. The molecular weight excluding hydrogens is 522 g/mol. The van der Waals surface area contributed by atoms with Gasteiger partial charge >= 0.3 is 0 Å². The number of nitrogens with one attached hydrogen (secondary N) is 2. The van der Waals surface area contributed by atoms with E-state index >= 15 is 0 Å². The first-order valence-electron chi connectivity index (χ1n) is 16.0. The van der Waals surface area contributed by atoms with E-state index in [0.29, 0.717) is 32.0 Å². The van der Waals surface area contributed by atoms with Gasteiger partial charge in [0, 0.05) is 18.9 Å². The van der Waals surface area contributed by atoms with E-state index in [-0.39, 0.29) is 17.7 Å². The predicted molar refractivity (Wildman–Crippen MR) is 171 cm³/mol. The fraction of sp³-hybridized carbons (Fsp3) is 0.500. The van der Waals surface area contributed by atoms with Crippen molar-refractivity contribution in [2.24, 2.45) is 17.6 Å². The lowest BCUT2D eigenvalue weighted by molar-refractivity contribution is -0.131. The van der Waals surface area contributed by atoms with Gasteiger partial charge in [0.25, 0.3) is 0 Å². The van der Waals surface area contributed by atoms with E-state index in [4.69, 9.17) is 10.5 Å². The van der Waals surface area contributed by atoms with Crippen LogP contribution in [0.1, 0.15) is 82.3 Å². The first-order valence-corrected chi connectivity index (χ1v) is 16.0. The minimum atomic E-state index is -0.604. The second kappa shape index (κ2) is 16.9. The molecule has 0 radical (unpaired) electrons. The van der Waals surface area contributed by atoms with Crippen molar-refractivity contribution in [3.63, 3.8) is 0 Å². The summed E-state index contributed by atoms with van der Waals surface area (Å²) in [6, 6.07) is 21.8. The van der Waals surface area contributed by atoms with Gasteiger partial charge in [-0.3, -0.25) is 9.59 Å². The molecule has 1 aliphatic rings. The third kappa shape index (κ3) is 9.59. The van der Waals surface area contributed by atoms with Crippen LogP contribution in [0.15, 0.2) is 66.7 Å². The molecule has 42 heavy (non-hydrogen) atoms. The molecule has 2 amide bonds. The van der Waals surface area contributed by atoms with Crippen molar-refractivity contribution >= 4 is 22.6 Å². The number of rotatable bonds is 16. The predicted octanol–water partition coefficient (Wildman–Crippen LogP) is 6.69. The average Bonchev–Trinajstić information content (AvgIpc) is 3.03. The van der Waals surface area contributed by atoms with Gasteiger partial charge in [-0.05, 0) is 78.6 Å². The van der Waals surface area contributed by atoms with E-state index in [2.05, 4.69) is 47.9 Å². The molecule has 4 rings (SSSR count). The fourth-order valence-electron chi connectivity index (χ4n) is 5.94. The van der Waals surface area contributed by atoms with Gasteiger partial charge in [-0.15, -0.1) is 0 Å². The van der Waals surface area contributed by atoms with Gasteiger partial charge in [0.15, 0.2) is 0 Å². The average molecular weight is 572 g/mol. The molecule has 1 aliphatic carbocycles. The van der Waals surface area contributed by atoms with Crippen LogP contribution in [0.2, 0.25) is 0 Å². The number of benzene rings is 3. The number of carbonyl (C=O) groups is 2. The molecule has 0 aromatic heterocycles. The summed E-state index contributed by atoms with van der Waals surface area (Å²) in [6.45, 7) is 4.01. The summed E-state index contributed by atoms with van der Waals surface area (Å²) in [4.78, 5) is 26.5. The first kappa shape index (κ1) is 31.6. The maximum atomic E-state index is 13.3. The molecule has 1 fully saturated rings. The molecule has 1 atom stereocenters. The Bertz CT molecular complexity index is 1250. The van der Waals surface area contributed by atoms with Crippen LogP contribution in [0, 0.1) is 11.8 Å². The number of nitrogens with two attached hydrogens (primary N) is 1. The molecule has 226 valence electrons. The van der Waals surface area contributed by atoms with Gasteiger partial charge < -0.3 is 21.1 Å². The number of carbonyl (C=O) groups excluding carboxylic acids is 2. The Morgan fingerprint density at radius 2 is 1.60 bits per heavy atom. The van der Waals surface area contributed by atoms with E-state index in [0.717, 1.165) is 55.4 Å². The van der Waals surface area contributed by atoms with Crippen LogP contribution in [0.4, 0.5) is 0 Å². The van der Waals surface area contributed by atoms with E-state index in [1.54, 1.807) is 0 Å². The summed E-state index contributed by atoms with van der Waals surface area (Å²) in [7, 11) is 0. The molecule has 0 unspecified atom stereocenters. The highest BCUT2D eigenvalue weighted by atomic mass is 16.5.